The van der Waals surface area contributed by atoms with Crippen LogP contribution in [0.2, 0.25) is 0 Å². The monoisotopic (exact) mass is 502 g/mol. The molecule has 1 heterocycles. The molecule has 1 aliphatic heterocycles. The zero-order valence-electron chi connectivity index (χ0n) is 20.8. The molecule has 1 saturated carbocycles. The Morgan fingerprint density at radius 2 is 1.78 bits per heavy atom. The third kappa shape index (κ3) is 4.92. The Balaban J connectivity index is 1.57. The van der Waals surface area contributed by atoms with Crippen LogP contribution in [0.4, 0.5) is 5.69 Å². The highest BCUT2D eigenvalue weighted by atomic mass is 16.6. The van der Waals surface area contributed by atoms with Gasteiger partial charge in [-0.05, 0) is 62.1 Å². The highest BCUT2D eigenvalue weighted by Gasteiger charge is 2.45. The van der Waals surface area contributed by atoms with Crippen molar-refractivity contribution in [1.82, 2.24) is 0 Å². The Bertz CT molecular complexity index is 1290. The topological polar surface area (TPSA) is 119 Å². The number of nitro groups is 1. The lowest BCUT2D eigenvalue weighted by Gasteiger charge is -2.37. The number of carbonyl (C=O) groups is 2. The molecule has 8 nitrogen and oxygen atoms in total. The van der Waals surface area contributed by atoms with Crippen molar-refractivity contribution < 1.29 is 24.4 Å². The summed E-state index contributed by atoms with van der Waals surface area (Å²) in [5.74, 6) is -2.73. The van der Waals surface area contributed by atoms with Gasteiger partial charge in [-0.1, -0.05) is 42.8 Å². The molecule has 0 aromatic heterocycles. The summed E-state index contributed by atoms with van der Waals surface area (Å²) in [6, 6.07) is 13.9. The van der Waals surface area contributed by atoms with E-state index >= 15 is 0 Å². The predicted molar refractivity (Wildman–Crippen MR) is 138 cm³/mol. The van der Waals surface area contributed by atoms with Gasteiger partial charge in [0, 0.05) is 35.4 Å². The van der Waals surface area contributed by atoms with E-state index in [1.165, 1.54) is 12.1 Å². The molecular formula is C29H30N2O6. The number of aliphatic imine (C=N–C) groups is 1. The lowest BCUT2D eigenvalue weighted by Crippen LogP contribution is -2.39. The molecular weight excluding hydrogens is 472 g/mol. The SMILES string of the molecule is CC1=NC2=C(C(=O)C[C@H](c3ccccc3)C2)[C@H](c2ccc(O)c([N+](=O)[O-])c2)C1C(=O)OC1CCCCC1. The third-order valence-electron chi connectivity index (χ3n) is 7.80. The number of nitro benzene ring substituents is 1. The number of hydrogen-bond acceptors (Lipinski definition) is 7. The van der Waals surface area contributed by atoms with Gasteiger partial charge >= 0.3 is 11.7 Å². The fourth-order valence-electron chi connectivity index (χ4n) is 5.99. The molecule has 1 N–H and O–H groups in total. The highest BCUT2D eigenvalue weighted by molar-refractivity contribution is 6.09. The number of ether oxygens (including phenoxy) is 1. The number of ketones is 1. The number of esters is 1. The summed E-state index contributed by atoms with van der Waals surface area (Å²) in [5.41, 5.74) is 2.56. The van der Waals surface area contributed by atoms with Gasteiger partial charge < -0.3 is 9.84 Å². The number of phenolic OH excluding ortho intramolecular Hbond substituents is 1. The summed E-state index contributed by atoms with van der Waals surface area (Å²) < 4.78 is 5.92. The van der Waals surface area contributed by atoms with Crippen molar-refractivity contribution in [2.24, 2.45) is 10.9 Å². The van der Waals surface area contributed by atoms with Gasteiger partial charge in [0.05, 0.1) is 4.92 Å². The summed E-state index contributed by atoms with van der Waals surface area (Å²) in [5, 5.41) is 21.7. The van der Waals surface area contributed by atoms with E-state index < -0.39 is 34.2 Å². The van der Waals surface area contributed by atoms with Crippen LogP contribution in [0.5, 0.6) is 5.75 Å². The molecule has 2 aliphatic carbocycles. The minimum atomic E-state index is -0.873. The Hall–Kier alpha value is -3.81. The van der Waals surface area contributed by atoms with Crippen LogP contribution in [-0.2, 0) is 14.3 Å². The lowest BCUT2D eigenvalue weighted by atomic mass is 9.69. The number of carbonyl (C=O) groups excluding carboxylic acids is 2. The number of benzene rings is 2. The van der Waals surface area contributed by atoms with Crippen LogP contribution in [0.15, 0.2) is 64.8 Å². The molecule has 37 heavy (non-hydrogen) atoms. The summed E-state index contributed by atoms with van der Waals surface area (Å²) in [7, 11) is 0. The quantitative estimate of drug-likeness (QED) is 0.316. The standard InChI is InChI=1S/C29H30N2O6/c1-17-26(29(34)37-21-10-6-3-7-11-21)27(19-12-13-24(32)23(15-19)31(35)36)28-22(30-17)14-20(16-25(28)33)18-8-4-2-5-9-18/h2,4-5,8-9,12-13,15,20-21,26-27,32H,3,6-7,10-11,14,16H2,1H3/t20-,26?,27-/m1/s1. The van der Waals surface area contributed by atoms with E-state index in [2.05, 4.69) is 0 Å². The number of aromatic hydroxyl groups is 1. The first-order valence-electron chi connectivity index (χ1n) is 12.9. The first kappa shape index (κ1) is 24.9. The van der Waals surface area contributed by atoms with Crippen molar-refractivity contribution in [3.8, 4) is 5.75 Å². The minimum absolute atomic E-state index is 0.0375. The number of nitrogens with zero attached hydrogens (tertiary/aromatic N) is 2. The molecule has 1 fully saturated rings. The molecule has 5 rings (SSSR count). The maximum absolute atomic E-state index is 13.7. The van der Waals surface area contributed by atoms with Crippen LogP contribution >= 0.6 is 0 Å². The van der Waals surface area contributed by atoms with Gasteiger partial charge in [0.1, 0.15) is 12.0 Å². The third-order valence-corrected chi connectivity index (χ3v) is 7.80. The molecule has 1 unspecified atom stereocenters. The van der Waals surface area contributed by atoms with Gasteiger partial charge in [-0.2, -0.15) is 0 Å². The van der Waals surface area contributed by atoms with E-state index in [0.29, 0.717) is 29.0 Å². The Kier molecular flexibility index (Phi) is 6.91. The van der Waals surface area contributed by atoms with Gasteiger partial charge in [-0.3, -0.25) is 24.7 Å². The van der Waals surface area contributed by atoms with Gasteiger partial charge in [0.2, 0.25) is 0 Å². The normalized spacial score (nSPS) is 24.3. The molecule has 3 atom stereocenters. The second-order valence-electron chi connectivity index (χ2n) is 10.2. The highest BCUT2D eigenvalue weighted by Crippen LogP contribution is 2.48. The summed E-state index contributed by atoms with van der Waals surface area (Å²) in [6.07, 6.45) is 5.33. The van der Waals surface area contributed by atoms with Crippen molar-refractivity contribution in [2.45, 2.75) is 69.8 Å². The van der Waals surface area contributed by atoms with Crippen molar-refractivity contribution in [3.05, 3.63) is 81.0 Å². The molecule has 0 saturated heterocycles. The number of hydrogen-bond donors (Lipinski definition) is 1. The molecule has 2 aromatic carbocycles. The number of phenols is 1. The predicted octanol–water partition coefficient (Wildman–Crippen LogP) is 5.75. The van der Waals surface area contributed by atoms with Gasteiger partial charge in [-0.15, -0.1) is 0 Å². The van der Waals surface area contributed by atoms with Crippen LogP contribution < -0.4 is 0 Å². The number of allylic oxidation sites excluding steroid dienone is 2. The smallest absolute Gasteiger partial charge is 0.315 e. The van der Waals surface area contributed by atoms with Crippen LogP contribution in [-0.4, -0.2) is 33.6 Å². The number of Topliss-reactive ketones (excluding diaryl/α,β-unsaturated/α-hetero) is 1. The molecule has 8 heteroatoms. The second-order valence-corrected chi connectivity index (χ2v) is 10.2. The van der Waals surface area contributed by atoms with E-state index in [1.807, 2.05) is 30.3 Å². The first-order chi connectivity index (χ1) is 17.8. The average Bonchev–Trinajstić information content (AvgIpc) is 2.89. The lowest BCUT2D eigenvalue weighted by molar-refractivity contribution is -0.385. The van der Waals surface area contributed by atoms with Crippen LogP contribution in [0.1, 0.15) is 74.8 Å². The van der Waals surface area contributed by atoms with E-state index in [-0.39, 0.29) is 24.2 Å². The molecule has 192 valence electrons. The van der Waals surface area contributed by atoms with Crippen LogP contribution in [0.3, 0.4) is 0 Å². The average molecular weight is 503 g/mol. The Morgan fingerprint density at radius 3 is 2.49 bits per heavy atom. The minimum Gasteiger partial charge on any atom is -0.502 e. The van der Waals surface area contributed by atoms with Crippen molar-refractivity contribution in [1.29, 1.82) is 0 Å². The molecule has 0 bridgehead atoms. The van der Waals surface area contributed by atoms with Crippen molar-refractivity contribution in [3.63, 3.8) is 0 Å². The fraction of sp³-hybridized carbons (Fsp3) is 0.414. The fourth-order valence-corrected chi connectivity index (χ4v) is 5.99. The summed E-state index contributed by atoms with van der Waals surface area (Å²) in [6.45, 7) is 1.76. The molecule has 0 spiro atoms. The maximum atomic E-state index is 13.7. The van der Waals surface area contributed by atoms with E-state index in [9.17, 15) is 24.8 Å². The Morgan fingerprint density at radius 1 is 1.05 bits per heavy atom. The molecule has 0 radical (unpaired) electrons. The number of rotatable bonds is 5. The largest absolute Gasteiger partial charge is 0.502 e. The Labute approximate surface area is 215 Å². The zero-order valence-corrected chi connectivity index (χ0v) is 20.8. The summed E-state index contributed by atoms with van der Waals surface area (Å²) >= 11 is 0. The van der Waals surface area contributed by atoms with Crippen LogP contribution in [0.25, 0.3) is 0 Å². The van der Waals surface area contributed by atoms with E-state index in [1.54, 1.807) is 13.0 Å². The van der Waals surface area contributed by atoms with E-state index in [0.717, 1.165) is 37.7 Å². The molecule has 2 aromatic rings. The van der Waals surface area contributed by atoms with Gasteiger partial charge in [-0.25, -0.2) is 0 Å². The van der Waals surface area contributed by atoms with Crippen molar-refractivity contribution in [2.75, 3.05) is 0 Å². The molecule has 0 amide bonds. The first-order valence-corrected chi connectivity index (χ1v) is 12.9. The van der Waals surface area contributed by atoms with Crippen LogP contribution in [0, 0.1) is 16.0 Å². The van der Waals surface area contributed by atoms with Crippen molar-refractivity contribution >= 4 is 23.2 Å². The molecule has 3 aliphatic rings. The summed E-state index contributed by atoms with van der Waals surface area (Å²) in [4.78, 5) is 43.0. The van der Waals surface area contributed by atoms with Gasteiger partial charge in [0.25, 0.3) is 0 Å². The zero-order chi connectivity index (χ0) is 26.1. The van der Waals surface area contributed by atoms with Gasteiger partial charge in [0.15, 0.2) is 11.5 Å². The maximum Gasteiger partial charge on any atom is 0.315 e. The second kappa shape index (κ2) is 10.3. The van der Waals surface area contributed by atoms with E-state index in [4.69, 9.17) is 9.73 Å².